The zero-order valence-electron chi connectivity index (χ0n) is 16.3. The summed E-state index contributed by atoms with van der Waals surface area (Å²) in [5.41, 5.74) is 5.63. The number of aryl methyl sites for hydroxylation is 1. The van der Waals surface area contributed by atoms with E-state index in [1.165, 1.54) is 22.3 Å². The molecule has 1 heterocycles. The summed E-state index contributed by atoms with van der Waals surface area (Å²) >= 11 is 0. The van der Waals surface area contributed by atoms with Gasteiger partial charge in [-0.05, 0) is 63.1 Å². The molecule has 1 saturated heterocycles. The minimum absolute atomic E-state index is 0.159. The highest BCUT2D eigenvalue weighted by Crippen LogP contribution is 2.47. The van der Waals surface area contributed by atoms with Gasteiger partial charge in [-0.1, -0.05) is 35.9 Å². The van der Waals surface area contributed by atoms with Crippen molar-refractivity contribution in [2.24, 2.45) is 0 Å². The molecule has 2 aliphatic rings. The van der Waals surface area contributed by atoms with Crippen LogP contribution in [0.4, 0.5) is 4.39 Å². The topological polar surface area (TPSA) is 6.48 Å². The van der Waals surface area contributed by atoms with E-state index < -0.39 is 0 Å². The lowest BCUT2D eigenvalue weighted by molar-refractivity contribution is 0.0158. The Kier molecular flexibility index (Phi) is 4.40. The van der Waals surface area contributed by atoms with Crippen molar-refractivity contribution >= 4 is 0 Å². The second-order valence-electron chi connectivity index (χ2n) is 8.69. The first-order valence-electron chi connectivity index (χ1n) is 9.66. The Bertz CT molecular complexity index is 796. The van der Waals surface area contributed by atoms with Crippen molar-refractivity contribution in [1.29, 1.82) is 0 Å². The van der Waals surface area contributed by atoms with E-state index in [4.69, 9.17) is 0 Å². The lowest BCUT2D eigenvalue weighted by Crippen LogP contribution is -2.58. The Morgan fingerprint density at radius 1 is 1.00 bits per heavy atom. The Hall–Kier alpha value is -1.71. The summed E-state index contributed by atoms with van der Waals surface area (Å²) in [6.45, 7) is 10.1. The molecule has 0 bridgehead atoms. The molecule has 138 valence electrons. The van der Waals surface area contributed by atoms with Gasteiger partial charge < -0.3 is 0 Å². The average molecular weight is 352 g/mol. The molecule has 1 aliphatic carbocycles. The van der Waals surface area contributed by atoms with Gasteiger partial charge in [0, 0.05) is 37.1 Å². The molecular weight excluding hydrogens is 323 g/mol. The summed E-state index contributed by atoms with van der Waals surface area (Å²) in [5, 5.41) is 0. The summed E-state index contributed by atoms with van der Waals surface area (Å²) < 4.78 is 13.4. The van der Waals surface area contributed by atoms with E-state index >= 15 is 0 Å². The quantitative estimate of drug-likeness (QED) is 0.770. The van der Waals surface area contributed by atoms with Crippen molar-refractivity contribution < 1.29 is 4.39 Å². The van der Waals surface area contributed by atoms with E-state index in [-0.39, 0.29) is 11.4 Å². The van der Waals surface area contributed by atoms with Crippen LogP contribution in [0.5, 0.6) is 0 Å². The fourth-order valence-electron chi connectivity index (χ4n) is 4.68. The molecule has 0 saturated carbocycles. The van der Waals surface area contributed by atoms with Gasteiger partial charge in [0.25, 0.3) is 0 Å². The second kappa shape index (κ2) is 6.47. The van der Waals surface area contributed by atoms with Crippen LogP contribution in [-0.4, -0.2) is 42.0 Å². The van der Waals surface area contributed by atoms with Crippen LogP contribution in [0.3, 0.4) is 0 Å². The number of halogens is 1. The molecule has 2 nitrogen and oxygen atoms in total. The normalized spacial score (nSPS) is 26.0. The van der Waals surface area contributed by atoms with Crippen molar-refractivity contribution in [3.8, 4) is 0 Å². The van der Waals surface area contributed by atoms with Crippen LogP contribution < -0.4 is 0 Å². The summed E-state index contributed by atoms with van der Waals surface area (Å²) in [4.78, 5) is 5.13. The van der Waals surface area contributed by atoms with Gasteiger partial charge in [0.15, 0.2) is 0 Å². The first-order chi connectivity index (χ1) is 12.3. The number of benzene rings is 2. The number of rotatable bonds is 2. The predicted molar refractivity (Wildman–Crippen MR) is 105 cm³/mol. The molecule has 2 aromatic rings. The molecule has 0 radical (unpaired) electrons. The third-order valence-electron chi connectivity index (χ3n) is 6.49. The van der Waals surface area contributed by atoms with Crippen LogP contribution in [0, 0.1) is 12.7 Å². The summed E-state index contributed by atoms with van der Waals surface area (Å²) in [6, 6.07) is 14.4. The summed E-state index contributed by atoms with van der Waals surface area (Å²) in [7, 11) is 2.23. The van der Waals surface area contributed by atoms with E-state index in [1.54, 1.807) is 12.1 Å². The maximum Gasteiger partial charge on any atom is 0.123 e. The maximum atomic E-state index is 13.4. The minimum atomic E-state index is -0.159. The number of likely N-dealkylation sites (N-methyl/N-ethyl adjacent to an activating group) is 1. The van der Waals surface area contributed by atoms with E-state index in [2.05, 4.69) is 55.8 Å². The van der Waals surface area contributed by atoms with Crippen molar-refractivity contribution in [3.05, 3.63) is 70.5 Å². The van der Waals surface area contributed by atoms with Crippen LogP contribution in [-0.2, 0) is 0 Å². The van der Waals surface area contributed by atoms with E-state index in [1.807, 2.05) is 12.1 Å². The predicted octanol–water partition coefficient (Wildman–Crippen LogP) is 4.74. The Morgan fingerprint density at radius 2 is 1.73 bits per heavy atom. The highest BCUT2D eigenvalue weighted by Gasteiger charge is 2.40. The molecule has 0 spiro atoms. The molecule has 0 aromatic heterocycles. The standard InChI is InChI=1S/C23H29FN2/c1-16-5-10-19-20(17-6-8-18(24)9-7-17)14-22(21(19)13-16)26-12-11-25(4)23(2,3)15-26/h5-10,13,20,22H,11-12,14-15H2,1-4H3. The number of nitrogens with zero attached hydrogens (tertiary/aromatic N) is 2. The number of hydrogen-bond acceptors (Lipinski definition) is 2. The molecule has 2 atom stereocenters. The fraction of sp³-hybridized carbons (Fsp3) is 0.478. The van der Waals surface area contributed by atoms with E-state index in [0.717, 1.165) is 26.1 Å². The van der Waals surface area contributed by atoms with Crippen molar-refractivity contribution in [3.63, 3.8) is 0 Å². The Labute approximate surface area is 156 Å². The molecule has 2 unspecified atom stereocenters. The molecule has 0 amide bonds. The van der Waals surface area contributed by atoms with Crippen LogP contribution in [0.1, 0.15) is 54.5 Å². The van der Waals surface area contributed by atoms with Gasteiger partial charge in [-0.2, -0.15) is 0 Å². The molecular formula is C23H29FN2. The smallest absolute Gasteiger partial charge is 0.123 e. The highest BCUT2D eigenvalue weighted by atomic mass is 19.1. The molecule has 2 aromatic carbocycles. The van der Waals surface area contributed by atoms with Gasteiger partial charge in [-0.25, -0.2) is 4.39 Å². The molecule has 4 rings (SSSR count). The van der Waals surface area contributed by atoms with E-state index in [0.29, 0.717) is 12.0 Å². The minimum Gasteiger partial charge on any atom is -0.299 e. The van der Waals surface area contributed by atoms with Crippen molar-refractivity contribution in [1.82, 2.24) is 9.80 Å². The number of hydrogen-bond donors (Lipinski definition) is 0. The van der Waals surface area contributed by atoms with Gasteiger partial charge in [0.05, 0.1) is 0 Å². The van der Waals surface area contributed by atoms with Crippen LogP contribution in [0.25, 0.3) is 0 Å². The van der Waals surface area contributed by atoms with Gasteiger partial charge in [0.1, 0.15) is 5.82 Å². The Morgan fingerprint density at radius 3 is 2.42 bits per heavy atom. The number of fused-ring (bicyclic) bond motifs is 1. The third-order valence-corrected chi connectivity index (χ3v) is 6.49. The number of piperazine rings is 1. The van der Waals surface area contributed by atoms with E-state index in [9.17, 15) is 4.39 Å². The first kappa shape index (κ1) is 17.7. The van der Waals surface area contributed by atoms with Gasteiger partial charge in [-0.3, -0.25) is 9.80 Å². The molecule has 0 N–H and O–H groups in total. The fourth-order valence-corrected chi connectivity index (χ4v) is 4.68. The average Bonchev–Trinajstić information content (AvgIpc) is 2.96. The third kappa shape index (κ3) is 3.08. The zero-order valence-corrected chi connectivity index (χ0v) is 16.3. The van der Waals surface area contributed by atoms with Crippen LogP contribution in [0.15, 0.2) is 42.5 Å². The largest absolute Gasteiger partial charge is 0.299 e. The monoisotopic (exact) mass is 352 g/mol. The molecule has 3 heteroatoms. The summed E-state index contributed by atoms with van der Waals surface area (Å²) in [5.74, 6) is 0.201. The van der Waals surface area contributed by atoms with Crippen molar-refractivity contribution in [2.75, 3.05) is 26.7 Å². The van der Waals surface area contributed by atoms with Gasteiger partial charge in [0.2, 0.25) is 0 Å². The SMILES string of the molecule is Cc1ccc2c(c1)C(N1CCN(C)C(C)(C)C1)CC2c1ccc(F)cc1. The van der Waals surface area contributed by atoms with Crippen LogP contribution >= 0.6 is 0 Å². The van der Waals surface area contributed by atoms with Gasteiger partial charge >= 0.3 is 0 Å². The first-order valence-corrected chi connectivity index (χ1v) is 9.66. The Balaban J connectivity index is 1.69. The lowest BCUT2D eigenvalue weighted by atomic mass is 9.92. The second-order valence-corrected chi connectivity index (χ2v) is 8.69. The molecule has 1 aliphatic heterocycles. The lowest BCUT2D eigenvalue weighted by Gasteiger charge is -2.47. The van der Waals surface area contributed by atoms with Crippen LogP contribution in [0.2, 0.25) is 0 Å². The highest BCUT2D eigenvalue weighted by molar-refractivity contribution is 5.46. The zero-order chi connectivity index (χ0) is 18.5. The van der Waals surface area contributed by atoms with Gasteiger partial charge in [-0.15, -0.1) is 0 Å². The maximum absolute atomic E-state index is 13.4. The molecule has 26 heavy (non-hydrogen) atoms. The van der Waals surface area contributed by atoms with Crippen molar-refractivity contribution in [2.45, 2.75) is 44.7 Å². The summed E-state index contributed by atoms with van der Waals surface area (Å²) in [6.07, 6.45) is 1.09. The molecule has 1 fully saturated rings.